The van der Waals surface area contributed by atoms with E-state index in [1.165, 1.54) is 18.2 Å². The summed E-state index contributed by atoms with van der Waals surface area (Å²) in [5.74, 6) is 4.90. The van der Waals surface area contributed by atoms with Crippen LogP contribution < -0.4 is 5.84 Å². The Hall–Kier alpha value is -1.85. The minimum absolute atomic E-state index is 0.192. The Morgan fingerprint density at radius 3 is 2.40 bits per heavy atom. The number of nitrogens with two attached hydrogens (primary N) is 1. The van der Waals surface area contributed by atoms with Gasteiger partial charge in [0.05, 0.1) is 5.56 Å². The molecular weight excluding hydrogens is 207 g/mol. The Kier molecular flexibility index (Phi) is 3.08. The van der Waals surface area contributed by atoms with E-state index in [1.54, 1.807) is 0 Å². The molecule has 15 heavy (non-hydrogen) atoms. The predicted octanol–water partition coefficient (Wildman–Crippen LogP) is 2.02. The maximum atomic E-state index is 12.5. The highest BCUT2D eigenvalue weighted by atomic mass is 19.4. The molecule has 6 heteroatoms. The van der Waals surface area contributed by atoms with Crippen molar-refractivity contribution >= 4 is 11.9 Å². The SMILES string of the molecule is N=CC(=NN)c1ccccc1C(F)(F)F. The van der Waals surface area contributed by atoms with Gasteiger partial charge >= 0.3 is 6.18 Å². The molecule has 0 saturated heterocycles. The van der Waals surface area contributed by atoms with Crippen molar-refractivity contribution in [2.45, 2.75) is 6.18 Å². The molecule has 0 atom stereocenters. The van der Waals surface area contributed by atoms with Crippen LogP contribution in [0.3, 0.4) is 0 Å². The van der Waals surface area contributed by atoms with Gasteiger partial charge in [-0.15, -0.1) is 0 Å². The van der Waals surface area contributed by atoms with E-state index < -0.39 is 11.7 Å². The lowest BCUT2D eigenvalue weighted by molar-refractivity contribution is -0.137. The van der Waals surface area contributed by atoms with Crippen molar-refractivity contribution in [3.63, 3.8) is 0 Å². The lowest BCUT2D eigenvalue weighted by atomic mass is 10.0. The average Bonchev–Trinajstić information content (AvgIpc) is 2.19. The number of benzene rings is 1. The molecule has 0 bridgehead atoms. The Morgan fingerprint density at radius 2 is 1.93 bits per heavy atom. The third kappa shape index (κ3) is 2.34. The van der Waals surface area contributed by atoms with Gasteiger partial charge in [-0.2, -0.15) is 18.3 Å². The summed E-state index contributed by atoms with van der Waals surface area (Å²) in [6, 6.07) is 4.84. The molecule has 0 fully saturated rings. The van der Waals surface area contributed by atoms with Gasteiger partial charge in [0.2, 0.25) is 0 Å². The number of hydrazone groups is 1. The smallest absolute Gasteiger partial charge is 0.323 e. The van der Waals surface area contributed by atoms with Gasteiger partial charge in [-0.3, -0.25) is 0 Å². The van der Waals surface area contributed by atoms with Crippen LogP contribution in [-0.4, -0.2) is 11.9 Å². The van der Waals surface area contributed by atoms with Crippen LogP contribution in [0.25, 0.3) is 0 Å². The second-order valence-electron chi connectivity index (χ2n) is 2.70. The van der Waals surface area contributed by atoms with E-state index >= 15 is 0 Å². The summed E-state index contributed by atoms with van der Waals surface area (Å²) in [4.78, 5) is 0. The van der Waals surface area contributed by atoms with E-state index in [9.17, 15) is 13.2 Å². The zero-order chi connectivity index (χ0) is 11.5. The molecule has 0 aliphatic rings. The molecule has 3 N–H and O–H groups in total. The van der Waals surface area contributed by atoms with Crippen molar-refractivity contribution in [1.82, 2.24) is 0 Å². The Balaban J connectivity index is 3.36. The van der Waals surface area contributed by atoms with Gasteiger partial charge in [0.25, 0.3) is 0 Å². The molecule has 0 radical (unpaired) electrons. The fourth-order valence-electron chi connectivity index (χ4n) is 1.14. The van der Waals surface area contributed by atoms with Gasteiger partial charge in [0, 0.05) is 11.8 Å². The Morgan fingerprint density at radius 1 is 1.33 bits per heavy atom. The van der Waals surface area contributed by atoms with Crippen molar-refractivity contribution in [3.05, 3.63) is 35.4 Å². The molecule has 80 valence electrons. The number of halogens is 3. The van der Waals surface area contributed by atoms with Crippen LogP contribution in [0, 0.1) is 5.41 Å². The van der Waals surface area contributed by atoms with Crippen LogP contribution in [0.4, 0.5) is 13.2 Å². The number of rotatable bonds is 2. The van der Waals surface area contributed by atoms with Crippen LogP contribution in [0.15, 0.2) is 29.4 Å². The zero-order valence-corrected chi connectivity index (χ0v) is 7.55. The molecule has 0 unspecified atom stereocenters. The normalized spacial score (nSPS) is 12.6. The van der Waals surface area contributed by atoms with Crippen molar-refractivity contribution < 1.29 is 13.2 Å². The molecule has 1 aromatic rings. The first-order valence-electron chi connectivity index (χ1n) is 3.95. The monoisotopic (exact) mass is 215 g/mol. The van der Waals surface area contributed by atoms with E-state index in [0.717, 1.165) is 6.07 Å². The van der Waals surface area contributed by atoms with Crippen molar-refractivity contribution in [3.8, 4) is 0 Å². The van der Waals surface area contributed by atoms with E-state index in [-0.39, 0.29) is 11.3 Å². The quantitative estimate of drug-likeness (QED) is 0.442. The fourth-order valence-corrected chi connectivity index (χ4v) is 1.14. The molecular formula is C9H8F3N3. The molecule has 0 aliphatic carbocycles. The third-order valence-electron chi connectivity index (χ3n) is 1.78. The molecule has 0 aromatic heterocycles. The summed E-state index contributed by atoms with van der Waals surface area (Å²) in [6.07, 6.45) is -3.79. The van der Waals surface area contributed by atoms with Crippen LogP contribution >= 0.6 is 0 Å². The summed E-state index contributed by atoms with van der Waals surface area (Å²) in [5.41, 5.74) is -1.25. The van der Waals surface area contributed by atoms with Crippen molar-refractivity contribution in [1.29, 1.82) is 5.41 Å². The first-order chi connectivity index (χ1) is 7.00. The van der Waals surface area contributed by atoms with Gasteiger partial charge in [0.1, 0.15) is 5.71 Å². The minimum atomic E-state index is -4.48. The van der Waals surface area contributed by atoms with E-state index in [0.29, 0.717) is 6.21 Å². The molecule has 0 spiro atoms. The maximum absolute atomic E-state index is 12.5. The highest BCUT2D eigenvalue weighted by Crippen LogP contribution is 2.31. The highest BCUT2D eigenvalue weighted by molar-refractivity contribution is 6.37. The Labute approximate surface area is 83.9 Å². The van der Waals surface area contributed by atoms with Gasteiger partial charge in [-0.25, -0.2) is 0 Å². The Bertz CT molecular complexity index is 396. The second kappa shape index (κ2) is 4.12. The van der Waals surface area contributed by atoms with Crippen molar-refractivity contribution in [2.24, 2.45) is 10.9 Å². The van der Waals surface area contributed by atoms with E-state index in [4.69, 9.17) is 11.3 Å². The number of nitrogens with zero attached hydrogens (tertiary/aromatic N) is 1. The van der Waals surface area contributed by atoms with E-state index in [1.807, 2.05) is 0 Å². The summed E-state index contributed by atoms with van der Waals surface area (Å²) < 4.78 is 37.5. The first kappa shape index (κ1) is 11.2. The largest absolute Gasteiger partial charge is 0.417 e. The van der Waals surface area contributed by atoms with Gasteiger partial charge in [-0.05, 0) is 6.07 Å². The maximum Gasteiger partial charge on any atom is 0.417 e. The van der Waals surface area contributed by atoms with Gasteiger partial charge in [0.15, 0.2) is 0 Å². The zero-order valence-electron chi connectivity index (χ0n) is 7.55. The first-order valence-corrected chi connectivity index (χ1v) is 3.95. The van der Waals surface area contributed by atoms with Gasteiger partial charge < -0.3 is 11.3 Å². The fraction of sp³-hybridized carbons (Fsp3) is 0.111. The summed E-state index contributed by atoms with van der Waals surface area (Å²) in [5, 5.41) is 10.0. The number of hydrogen-bond acceptors (Lipinski definition) is 3. The lowest BCUT2D eigenvalue weighted by Gasteiger charge is -2.11. The summed E-state index contributed by atoms with van der Waals surface area (Å²) in [6.45, 7) is 0. The van der Waals surface area contributed by atoms with Gasteiger partial charge in [-0.1, -0.05) is 18.2 Å². The predicted molar refractivity (Wildman–Crippen MR) is 51.0 cm³/mol. The van der Waals surface area contributed by atoms with Crippen molar-refractivity contribution in [2.75, 3.05) is 0 Å². The second-order valence-corrected chi connectivity index (χ2v) is 2.70. The van der Waals surface area contributed by atoms with Crippen LogP contribution in [0.5, 0.6) is 0 Å². The topological polar surface area (TPSA) is 62.2 Å². The molecule has 0 heterocycles. The third-order valence-corrected chi connectivity index (χ3v) is 1.78. The lowest BCUT2D eigenvalue weighted by Crippen LogP contribution is -2.15. The highest BCUT2D eigenvalue weighted by Gasteiger charge is 2.33. The van der Waals surface area contributed by atoms with Crippen LogP contribution in [0.1, 0.15) is 11.1 Å². The van der Waals surface area contributed by atoms with Crippen LogP contribution in [0.2, 0.25) is 0 Å². The molecule has 1 rings (SSSR count). The number of alkyl halides is 3. The molecule has 0 amide bonds. The molecule has 0 saturated carbocycles. The molecule has 3 nitrogen and oxygen atoms in total. The minimum Gasteiger partial charge on any atom is -0.323 e. The molecule has 1 aromatic carbocycles. The number of nitrogens with one attached hydrogen (secondary N) is 1. The van der Waals surface area contributed by atoms with E-state index in [2.05, 4.69) is 5.10 Å². The number of hydrogen-bond donors (Lipinski definition) is 2. The summed E-state index contributed by atoms with van der Waals surface area (Å²) >= 11 is 0. The molecule has 0 aliphatic heterocycles. The van der Waals surface area contributed by atoms with Crippen LogP contribution in [-0.2, 0) is 6.18 Å². The average molecular weight is 215 g/mol. The standard InChI is InChI=1S/C9H8F3N3/c10-9(11,12)7-4-2-1-3-6(7)8(5-13)15-14/h1-5,13H,14H2. The summed E-state index contributed by atoms with van der Waals surface area (Å²) in [7, 11) is 0.